The van der Waals surface area contributed by atoms with Crippen molar-refractivity contribution >= 4 is 11.3 Å². The molecule has 0 bridgehead atoms. The van der Waals surface area contributed by atoms with Gasteiger partial charge in [0.2, 0.25) is 0 Å². The van der Waals surface area contributed by atoms with E-state index in [-0.39, 0.29) is 0 Å². The van der Waals surface area contributed by atoms with Gasteiger partial charge in [-0.3, -0.25) is 0 Å². The molecule has 1 aliphatic rings. The Morgan fingerprint density at radius 3 is 3.12 bits per heavy atom. The summed E-state index contributed by atoms with van der Waals surface area (Å²) in [6.45, 7) is 3.03. The van der Waals surface area contributed by atoms with Crippen molar-refractivity contribution in [1.29, 1.82) is 0 Å². The van der Waals surface area contributed by atoms with Gasteiger partial charge < -0.3 is 5.73 Å². The lowest BCUT2D eigenvalue weighted by Crippen LogP contribution is -2.13. The Morgan fingerprint density at radius 1 is 1.50 bits per heavy atom. The zero-order chi connectivity index (χ0) is 11.4. The van der Waals surface area contributed by atoms with Gasteiger partial charge in [-0.05, 0) is 25.3 Å². The maximum atomic E-state index is 5.56. The fourth-order valence-corrected chi connectivity index (χ4v) is 3.66. The first-order valence-corrected chi connectivity index (χ1v) is 7.35. The van der Waals surface area contributed by atoms with Crippen LogP contribution in [0.5, 0.6) is 0 Å². The summed E-state index contributed by atoms with van der Waals surface area (Å²) >= 11 is 1.84. The number of rotatable bonds is 4. The van der Waals surface area contributed by atoms with Gasteiger partial charge in [0, 0.05) is 17.7 Å². The second-order valence-electron chi connectivity index (χ2n) is 4.85. The predicted octanol–water partition coefficient (Wildman–Crippen LogP) is 3.33. The van der Waals surface area contributed by atoms with Gasteiger partial charge in [-0.15, -0.1) is 11.3 Å². The molecular formula is C13H22N2S. The van der Waals surface area contributed by atoms with Crippen LogP contribution in [0.15, 0.2) is 5.38 Å². The lowest BCUT2D eigenvalue weighted by Gasteiger charge is -2.26. The fraction of sp³-hybridized carbons (Fsp3) is 0.769. The molecule has 1 heterocycles. The number of hydrogen-bond acceptors (Lipinski definition) is 3. The third kappa shape index (κ3) is 2.83. The molecule has 0 radical (unpaired) electrons. The molecule has 1 aromatic heterocycles. The normalized spacial score (nSPS) is 25.9. The molecule has 2 N–H and O–H groups in total. The summed E-state index contributed by atoms with van der Waals surface area (Å²) in [7, 11) is 0. The highest BCUT2D eigenvalue weighted by molar-refractivity contribution is 7.09. The van der Waals surface area contributed by atoms with Crippen LogP contribution in [0.4, 0.5) is 0 Å². The highest BCUT2D eigenvalue weighted by Crippen LogP contribution is 2.38. The molecule has 2 unspecified atom stereocenters. The maximum Gasteiger partial charge on any atom is 0.0959 e. The van der Waals surface area contributed by atoms with Crippen molar-refractivity contribution in [3.63, 3.8) is 0 Å². The molecule has 0 saturated heterocycles. The molecule has 1 fully saturated rings. The second-order valence-corrected chi connectivity index (χ2v) is 5.74. The SMILES string of the molecule is CCC1CCCC(c2nc(CCN)cs2)C1. The van der Waals surface area contributed by atoms with Crippen LogP contribution in [0.1, 0.15) is 55.6 Å². The first-order chi connectivity index (χ1) is 7.83. The first kappa shape index (κ1) is 12.1. The van der Waals surface area contributed by atoms with Gasteiger partial charge in [0.1, 0.15) is 0 Å². The van der Waals surface area contributed by atoms with E-state index in [0.717, 1.165) is 18.3 Å². The standard InChI is InChI=1S/C13H22N2S/c1-2-10-4-3-5-11(8-10)13-15-12(6-7-14)9-16-13/h9-11H,2-8,14H2,1H3. The molecular weight excluding hydrogens is 216 g/mol. The van der Waals surface area contributed by atoms with E-state index in [2.05, 4.69) is 12.3 Å². The van der Waals surface area contributed by atoms with Crippen LogP contribution in [0.25, 0.3) is 0 Å². The summed E-state index contributed by atoms with van der Waals surface area (Å²) in [6, 6.07) is 0. The predicted molar refractivity (Wildman–Crippen MR) is 69.9 cm³/mol. The number of nitrogens with two attached hydrogens (primary N) is 1. The van der Waals surface area contributed by atoms with E-state index in [1.165, 1.54) is 42.8 Å². The molecule has 2 rings (SSSR count). The Morgan fingerprint density at radius 2 is 2.38 bits per heavy atom. The van der Waals surface area contributed by atoms with E-state index in [0.29, 0.717) is 6.54 Å². The van der Waals surface area contributed by atoms with E-state index >= 15 is 0 Å². The van der Waals surface area contributed by atoms with Crippen LogP contribution >= 0.6 is 11.3 Å². The molecule has 2 nitrogen and oxygen atoms in total. The van der Waals surface area contributed by atoms with Crippen molar-refractivity contribution in [2.75, 3.05) is 6.54 Å². The van der Waals surface area contributed by atoms with E-state index in [4.69, 9.17) is 10.7 Å². The Kier molecular flexibility index (Phi) is 4.36. The fourth-order valence-electron chi connectivity index (χ4n) is 2.66. The molecule has 0 aliphatic heterocycles. The maximum absolute atomic E-state index is 5.56. The van der Waals surface area contributed by atoms with Gasteiger partial charge in [0.05, 0.1) is 10.7 Å². The van der Waals surface area contributed by atoms with Crippen molar-refractivity contribution in [2.24, 2.45) is 11.7 Å². The Labute approximate surface area is 102 Å². The third-order valence-corrected chi connectivity index (χ3v) is 4.74. The first-order valence-electron chi connectivity index (χ1n) is 6.47. The van der Waals surface area contributed by atoms with E-state index in [1.807, 2.05) is 11.3 Å². The van der Waals surface area contributed by atoms with Crippen molar-refractivity contribution in [2.45, 2.75) is 51.4 Å². The van der Waals surface area contributed by atoms with Crippen LogP contribution in [0, 0.1) is 5.92 Å². The number of nitrogens with zero attached hydrogens (tertiary/aromatic N) is 1. The van der Waals surface area contributed by atoms with Gasteiger partial charge in [0.15, 0.2) is 0 Å². The summed E-state index contributed by atoms with van der Waals surface area (Å²) in [5, 5.41) is 3.55. The van der Waals surface area contributed by atoms with Crippen LogP contribution in [0.2, 0.25) is 0 Å². The molecule has 1 saturated carbocycles. The number of hydrogen-bond donors (Lipinski definition) is 1. The lowest BCUT2D eigenvalue weighted by molar-refractivity contribution is 0.314. The van der Waals surface area contributed by atoms with Gasteiger partial charge in [-0.1, -0.05) is 26.2 Å². The van der Waals surface area contributed by atoms with Crippen LogP contribution in [-0.4, -0.2) is 11.5 Å². The van der Waals surface area contributed by atoms with Crippen molar-refractivity contribution < 1.29 is 0 Å². The van der Waals surface area contributed by atoms with Gasteiger partial charge in [0.25, 0.3) is 0 Å². The molecule has 1 aromatic rings. The minimum absolute atomic E-state index is 0.714. The Hall–Kier alpha value is -0.410. The van der Waals surface area contributed by atoms with Crippen molar-refractivity contribution in [1.82, 2.24) is 4.98 Å². The summed E-state index contributed by atoms with van der Waals surface area (Å²) < 4.78 is 0. The molecule has 3 heteroatoms. The van der Waals surface area contributed by atoms with E-state index < -0.39 is 0 Å². The summed E-state index contributed by atoms with van der Waals surface area (Å²) in [5.74, 6) is 1.66. The highest BCUT2D eigenvalue weighted by Gasteiger charge is 2.24. The number of thiazole rings is 1. The molecule has 0 spiro atoms. The van der Waals surface area contributed by atoms with Gasteiger partial charge >= 0.3 is 0 Å². The summed E-state index contributed by atoms with van der Waals surface area (Å²) in [4.78, 5) is 4.73. The van der Waals surface area contributed by atoms with E-state index in [9.17, 15) is 0 Å². The highest BCUT2D eigenvalue weighted by atomic mass is 32.1. The van der Waals surface area contributed by atoms with E-state index in [1.54, 1.807) is 0 Å². The summed E-state index contributed by atoms with van der Waals surface area (Å²) in [6.07, 6.45) is 7.76. The van der Waals surface area contributed by atoms with Gasteiger partial charge in [-0.2, -0.15) is 0 Å². The topological polar surface area (TPSA) is 38.9 Å². The minimum atomic E-state index is 0.714. The number of aromatic nitrogens is 1. The zero-order valence-corrected chi connectivity index (χ0v) is 10.9. The second kappa shape index (κ2) is 5.78. The molecule has 90 valence electrons. The molecule has 2 atom stereocenters. The average Bonchev–Trinajstić information content (AvgIpc) is 2.78. The molecule has 0 aromatic carbocycles. The largest absolute Gasteiger partial charge is 0.330 e. The quantitative estimate of drug-likeness (QED) is 0.874. The Balaban J connectivity index is 1.99. The van der Waals surface area contributed by atoms with Crippen LogP contribution < -0.4 is 5.73 Å². The molecule has 1 aliphatic carbocycles. The monoisotopic (exact) mass is 238 g/mol. The van der Waals surface area contributed by atoms with Crippen molar-refractivity contribution in [3.8, 4) is 0 Å². The minimum Gasteiger partial charge on any atom is -0.330 e. The lowest BCUT2D eigenvalue weighted by atomic mass is 9.80. The molecule has 0 amide bonds. The third-order valence-electron chi connectivity index (χ3n) is 3.68. The van der Waals surface area contributed by atoms with Gasteiger partial charge in [-0.25, -0.2) is 4.98 Å². The summed E-state index contributed by atoms with van der Waals surface area (Å²) in [5.41, 5.74) is 6.75. The smallest absolute Gasteiger partial charge is 0.0959 e. The average molecular weight is 238 g/mol. The van der Waals surface area contributed by atoms with Crippen LogP contribution in [0.3, 0.4) is 0 Å². The van der Waals surface area contributed by atoms with Crippen molar-refractivity contribution in [3.05, 3.63) is 16.1 Å². The zero-order valence-electron chi connectivity index (χ0n) is 10.1. The molecule has 16 heavy (non-hydrogen) atoms. The van der Waals surface area contributed by atoms with Crippen LogP contribution in [-0.2, 0) is 6.42 Å². The Bertz CT molecular complexity index is 321.